The molecule has 0 saturated heterocycles. The first-order chi connectivity index (χ1) is 6.68. The lowest BCUT2D eigenvalue weighted by molar-refractivity contribution is 0.539. The molecule has 0 saturated carbocycles. The lowest BCUT2D eigenvalue weighted by atomic mass is 10.4. The maximum atomic E-state index is 12.8. The lowest BCUT2D eigenvalue weighted by Gasteiger charge is -2.08. The SMILES string of the molecule is Cc1c(S(=O)(=O)F)c(=O)n(C)c(=O)n1C. The molecular formula is C7H9FN2O4S. The van der Waals surface area contributed by atoms with Gasteiger partial charge in [0.25, 0.3) is 5.56 Å². The maximum Gasteiger partial charge on any atom is 0.339 e. The molecular weight excluding hydrogens is 227 g/mol. The number of aromatic nitrogens is 2. The van der Waals surface area contributed by atoms with Crippen molar-refractivity contribution >= 4 is 10.2 Å². The molecule has 0 aliphatic carbocycles. The Kier molecular flexibility index (Phi) is 2.56. The highest BCUT2D eigenvalue weighted by atomic mass is 32.3. The van der Waals surface area contributed by atoms with Crippen LogP contribution in [0.5, 0.6) is 0 Å². The molecule has 84 valence electrons. The third-order valence-electron chi connectivity index (χ3n) is 2.15. The number of nitrogens with zero attached hydrogens (tertiary/aromatic N) is 2. The normalized spacial score (nSPS) is 11.7. The van der Waals surface area contributed by atoms with Crippen LogP contribution in [-0.4, -0.2) is 17.6 Å². The summed E-state index contributed by atoms with van der Waals surface area (Å²) < 4.78 is 35.6. The summed E-state index contributed by atoms with van der Waals surface area (Å²) in [5, 5.41) is 0. The topological polar surface area (TPSA) is 78.1 Å². The molecule has 8 heteroatoms. The Bertz CT molecular complexity index is 626. The lowest BCUT2D eigenvalue weighted by Crippen LogP contribution is -2.40. The van der Waals surface area contributed by atoms with Crippen molar-refractivity contribution in [1.29, 1.82) is 0 Å². The molecule has 0 aliphatic heterocycles. The van der Waals surface area contributed by atoms with Crippen molar-refractivity contribution in [3.05, 3.63) is 26.5 Å². The number of hydrogen-bond donors (Lipinski definition) is 0. The van der Waals surface area contributed by atoms with Gasteiger partial charge in [0.15, 0.2) is 4.90 Å². The van der Waals surface area contributed by atoms with Gasteiger partial charge < -0.3 is 0 Å². The van der Waals surface area contributed by atoms with Crippen LogP contribution in [0.3, 0.4) is 0 Å². The summed E-state index contributed by atoms with van der Waals surface area (Å²) in [6.07, 6.45) is 0. The molecule has 0 bridgehead atoms. The summed E-state index contributed by atoms with van der Waals surface area (Å²) in [5.74, 6) is 0. The van der Waals surface area contributed by atoms with Crippen LogP contribution in [0.4, 0.5) is 3.89 Å². The summed E-state index contributed by atoms with van der Waals surface area (Å²) in [6.45, 7) is 1.19. The number of rotatable bonds is 1. The highest BCUT2D eigenvalue weighted by Crippen LogP contribution is 2.09. The van der Waals surface area contributed by atoms with E-state index in [1.165, 1.54) is 14.0 Å². The first kappa shape index (κ1) is 11.6. The monoisotopic (exact) mass is 236 g/mol. The van der Waals surface area contributed by atoms with Gasteiger partial charge in [-0.15, -0.1) is 3.89 Å². The minimum absolute atomic E-state index is 0.217. The summed E-state index contributed by atoms with van der Waals surface area (Å²) in [4.78, 5) is 21.6. The molecule has 1 heterocycles. The zero-order chi connectivity index (χ0) is 12.0. The van der Waals surface area contributed by atoms with Gasteiger partial charge in [-0.25, -0.2) is 4.79 Å². The molecule has 0 unspecified atom stereocenters. The van der Waals surface area contributed by atoms with Crippen LogP contribution >= 0.6 is 0 Å². The van der Waals surface area contributed by atoms with Crippen molar-refractivity contribution in [3.63, 3.8) is 0 Å². The summed E-state index contributed by atoms with van der Waals surface area (Å²) in [7, 11) is -2.78. The average molecular weight is 236 g/mol. The third-order valence-corrected chi connectivity index (χ3v) is 3.11. The Morgan fingerprint density at radius 2 is 1.60 bits per heavy atom. The van der Waals surface area contributed by atoms with Crippen LogP contribution in [0.25, 0.3) is 0 Å². The van der Waals surface area contributed by atoms with E-state index < -0.39 is 26.4 Å². The zero-order valence-corrected chi connectivity index (χ0v) is 9.13. The van der Waals surface area contributed by atoms with Gasteiger partial charge in [0.1, 0.15) is 0 Å². The summed E-state index contributed by atoms with van der Waals surface area (Å²) in [5.41, 5.74) is -2.08. The van der Waals surface area contributed by atoms with E-state index in [4.69, 9.17) is 0 Å². The molecule has 1 aromatic heterocycles. The highest BCUT2D eigenvalue weighted by Gasteiger charge is 2.24. The Morgan fingerprint density at radius 3 is 2.00 bits per heavy atom. The highest BCUT2D eigenvalue weighted by molar-refractivity contribution is 7.86. The average Bonchev–Trinajstić information content (AvgIpc) is 2.09. The number of halogens is 1. The minimum atomic E-state index is -5.12. The molecule has 0 N–H and O–H groups in total. The molecule has 0 amide bonds. The van der Waals surface area contributed by atoms with Crippen LogP contribution in [0, 0.1) is 6.92 Å². The molecule has 0 fully saturated rings. The second kappa shape index (κ2) is 3.30. The van der Waals surface area contributed by atoms with Gasteiger partial charge in [-0.05, 0) is 6.92 Å². The standard InChI is InChI=1S/C7H9FN2O4S/c1-4-5(15(8,13)14)6(11)10(3)7(12)9(4)2/h1-3H3. The first-order valence-electron chi connectivity index (χ1n) is 3.89. The number of hydrogen-bond acceptors (Lipinski definition) is 4. The second-order valence-corrected chi connectivity index (χ2v) is 4.34. The third kappa shape index (κ3) is 1.72. The van der Waals surface area contributed by atoms with Gasteiger partial charge in [0.2, 0.25) is 0 Å². The van der Waals surface area contributed by atoms with E-state index in [0.29, 0.717) is 4.57 Å². The van der Waals surface area contributed by atoms with E-state index in [-0.39, 0.29) is 5.69 Å². The van der Waals surface area contributed by atoms with Crippen molar-refractivity contribution in [2.75, 3.05) is 0 Å². The Morgan fingerprint density at radius 1 is 1.13 bits per heavy atom. The van der Waals surface area contributed by atoms with Gasteiger partial charge in [-0.2, -0.15) is 8.42 Å². The molecule has 0 aromatic carbocycles. The zero-order valence-electron chi connectivity index (χ0n) is 8.31. The largest absolute Gasteiger partial charge is 0.339 e. The van der Waals surface area contributed by atoms with Crippen molar-refractivity contribution in [2.45, 2.75) is 11.8 Å². The molecule has 0 radical (unpaired) electrons. The van der Waals surface area contributed by atoms with Gasteiger partial charge >= 0.3 is 15.9 Å². The van der Waals surface area contributed by atoms with Crippen molar-refractivity contribution in [3.8, 4) is 0 Å². The van der Waals surface area contributed by atoms with Crippen molar-refractivity contribution in [2.24, 2.45) is 14.1 Å². The maximum absolute atomic E-state index is 12.8. The fourth-order valence-electron chi connectivity index (χ4n) is 1.20. The quantitative estimate of drug-likeness (QED) is 0.589. The fraction of sp³-hybridized carbons (Fsp3) is 0.429. The minimum Gasteiger partial charge on any atom is -0.299 e. The first-order valence-corrected chi connectivity index (χ1v) is 5.27. The van der Waals surface area contributed by atoms with Crippen LogP contribution in [0.15, 0.2) is 14.5 Å². The Balaban J connectivity index is 4.03. The molecule has 1 rings (SSSR count). The Labute approximate surface area is 84.8 Å². The van der Waals surface area contributed by atoms with Gasteiger partial charge in [0, 0.05) is 19.8 Å². The Hall–Kier alpha value is -1.44. The van der Waals surface area contributed by atoms with E-state index in [0.717, 1.165) is 11.6 Å². The van der Waals surface area contributed by atoms with E-state index >= 15 is 0 Å². The van der Waals surface area contributed by atoms with E-state index in [2.05, 4.69) is 0 Å². The van der Waals surface area contributed by atoms with Gasteiger partial charge in [-0.3, -0.25) is 13.9 Å². The van der Waals surface area contributed by atoms with Crippen molar-refractivity contribution in [1.82, 2.24) is 9.13 Å². The van der Waals surface area contributed by atoms with E-state index in [9.17, 15) is 21.9 Å². The molecule has 0 spiro atoms. The summed E-state index contributed by atoms with van der Waals surface area (Å²) in [6, 6.07) is 0. The predicted molar refractivity (Wildman–Crippen MR) is 50.0 cm³/mol. The van der Waals surface area contributed by atoms with Gasteiger partial charge in [-0.1, -0.05) is 0 Å². The molecule has 15 heavy (non-hydrogen) atoms. The van der Waals surface area contributed by atoms with Crippen LogP contribution in [-0.2, 0) is 24.3 Å². The van der Waals surface area contributed by atoms with Crippen LogP contribution in [0.1, 0.15) is 5.69 Å². The predicted octanol–water partition coefficient (Wildman–Crippen LogP) is -0.949. The van der Waals surface area contributed by atoms with Crippen LogP contribution < -0.4 is 11.2 Å². The molecule has 0 atom stereocenters. The fourth-order valence-corrected chi connectivity index (χ4v) is 2.03. The second-order valence-electron chi connectivity index (χ2n) is 3.06. The molecule has 1 aromatic rings. The van der Waals surface area contributed by atoms with E-state index in [1.807, 2.05) is 0 Å². The van der Waals surface area contributed by atoms with Crippen molar-refractivity contribution < 1.29 is 12.3 Å². The smallest absolute Gasteiger partial charge is 0.299 e. The van der Waals surface area contributed by atoms with E-state index in [1.54, 1.807) is 0 Å². The molecule has 6 nitrogen and oxygen atoms in total. The van der Waals surface area contributed by atoms with Gasteiger partial charge in [0.05, 0.1) is 0 Å². The van der Waals surface area contributed by atoms with Crippen LogP contribution in [0.2, 0.25) is 0 Å². The summed E-state index contributed by atoms with van der Waals surface area (Å²) >= 11 is 0. The molecule has 0 aliphatic rings.